The first-order chi connectivity index (χ1) is 14.8. The third-order valence-corrected chi connectivity index (χ3v) is 5.88. The fourth-order valence-electron chi connectivity index (χ4n) is 4.30. The van der Waals surface area contributed by atoms with Gasteiger partial charge in [0.1, 0.15) is 22.9 Å². The number of ether oxygens (including phenoxy) is 1. The zero-order valence-electron chi connectivity index (χ0n) is 17.1. The molecule has 0 unspecified atom stereocenters. The highest BCUT2D eigenvalue weighted by Gasteiger charge is 2.25. The lowest BCUT2D eigenvalue weighted by atomic mass is 9.95. The van der Waals surface area contributed by atoms with E-state index in [0.29, 0.717) is 5.92 Å². The summed E-state index contributed by atoms with van der Waals surface area (Å²) in [6.07, 6.45) is 7.93. The van der Waals surface area contributed by atoms with Crippen molar-refractivity contribution >= 4 is 16.7 Å². The van der Waals surface area contributed by atoms with Crippen LogP contribution < -0.4 is 9.64 Å². The average molecular weight is 399 g/mol. The van der Waals surface area contributed by atoms with Gasteiger partial charge >= 0.3 is 0 Å². The first kappa shape index (κ1) is 18.6. The molecule has 0 atom stereocenters. The number of benzene rings is 1. The van der Waals surface area contributed by atoms with Crippen LogP contribution in [0.2, 0.25) is 0 Å². The number of hydrogen-bond donors (Lipinski definition) is 0. The van der Waals surface area contributed by atoms with E-state index < -0.39 is 0 Å². The maximum absolute atomic E-state index is 5.50. The minimum atomic E-state index is 0.454. The Bertz CT molecular complexity index is 1130. The molecule has 0 spiro atoms. The van der Waals surface area contributed by atoms with Crippen molar-refractivity contribution in [1.29, 1.82) is 0 Å². The summed E-state index contributed by atoms with van der Waals surface area (Å²) >= 11 is 0. The molecule has 30 heavy (non-hydrogen) atoms. The van der Waals surface area contributed by atoms with Crippen LogP contribution in [0.25, 0.3) is 10.9 Å². The van der Waals surface area contributed by atoms with Crippen molar-refractivity contribution in [2.75, 3.05) is 25.1 Å². The van der Waals surface area contributed by atoms with Crippen molar-refractivity contribution in [3.8, 4) is 5.75 Å². The van der Waals surface area contributed by atoms with Gasteiger partial charge in [-0.05, 0) is 43.2 Å². The smallest absolute Gasteiger partial charge is 0.145 e. The van der Waals surface area contributed by atoms with Gasteiger partial charge in [0.25, 0.3) is 0 Å². The minimum Gasteiger partial charge on any atom is -0.494 e. The van der Waals surface area contributed by atoms with Gasteiger partial charge in [-0.2, -0.15) is 0 Å². The number of methoxy groups -OCH3 is 1. The van der Waals surface area contributed by atoms with Crippen LogP contribution in [0.4, 0.5) is 5.82 Å². The van der Waals surface area contributed by atoms with Crippen molar-refractivity contribution in [2.24, 2.45) is 0 Å². The third kappa shape index (κ3) is 3.61. The number of imidazole rings is 1. The molecule has 152 valence electrons. The van der Waals surface area contributed by atoms with Gasteiger partial charge in [0.15, 0.2) is 0 Å². The van der Waals surface area contributed by atoms with Gasteiger partial charge in [0, 0.05) is 43.0 Å². The standard InChI is InChI=1S/C24H25N5O/c1-30-21-7-4-5-18-8-9-22(27-23(18)21)28-14-10-19(11-15-28)24-26-13-16-29(24)17-20-6-2-3-12-25-20/h2-9,12-13,16,19H,10-11,14-15,17H2,1H3. The van der Waals surface area contributed by atoms with Crippen molar-refractivity contribution in [3.63, 3.8) is 0 Å². The second-order valence-electron chi connectivity index (χ2n) is 7.70. The fraction of sp³-hybridized carbons (Fsp3) is 0.292. The Morgan fingerprint density at radius 2 is 1.87 bits per heavy atom. The minimum absolute atomic E-state index is 0.454. The number of nitrogens with zero attached hydrogens (tertiary/aromatic N) is 5. The summed E-state index contributed by atoms with van der Waals surface area (Å²) in [6.45, 7) is 2.70. The summed E-state index contributed by atoms with van der Waals surface area (Å²) < 4.78 is 7.74. The molecular weight excluding hydrogens is 374 g/mol. The van der Waals surface area contributed by atoms with E-state index in [1.165, 1.54) is 0 Å². The predicted octanol–water partition coefficient (Wildman–Crippen LogP) is 4.27. The van der Waals surface area contributed by atoms with E-state index in [2.05, 4.69) is 49.9 Å². The molecule has 0 aliphatic carbocycles. The summed E-state index contributed by atoms with van der Waals surface area (Å²) in [7, 11) is 1.70. The normalized spacial score (nSPS) is 14.9. The van der Waals surface area contributed by atoms with Crippen LogP contribution in [0.3, 0.4) is 0 Å². The van der Waals surface area contributed by atoms with E-state index in [1.807, 2.05) is 36.7 Å². The highest BCUT2D eigenvalue weighted by molar-refractivity contribution is 5.86. The molecule has 0 N–H and O–H groups in total. The molecule has 6 nitrogen and oxygen atoms in total. The second kappa shape index (κ2) is 8.14. The molecular formula is C24H25N5O. The van der Waals surface area contributed by atoms with Crippen molar-refractivity contribution in [3.05, 3.63) is 78.6 Å². The van der Waals surface area contributed by atoms with E-state index in [9.17, 15) is 0 Å². The molecule has 0 amide bonds. The van der Waals surface area contributed by atoms with E-state index in [4.69, 9.17) is 9.72 Å². The van der Waals surface area contributed by atoms with E-state index >= 15 is 0 Å². The lowest BCUT2D eigenvalue weighted by Gasteiger charge is -2.33. The number of aromatic nitrogens is 4. The predicted molar refractivity (Wildman–Crippen MR) is 118 cm³/mol. The van der Waals surface area contributed by atoms with Crippen LogP contribution in [0.1, 0.15) is 30.3 Å². The summed E-state index contributed by atoms with van der Waals surface area (Å²) in [4.78, 5) is 16.4. The highest BCUT2D eigenvalue weighted by atomic mass is 16.5. The molecule has 1 aromatic carbocycles. The molecule has 4 aromatic rings. The summed E-state index contributed by atoms with van der Waals surface area (Å²) in [5.74, 6) is 3.45. The number of rotatable bonds is 5. The molecule has 0 bridgehead atoms. The topological polar surface area (TPSA) is 56.1 Å². The van der Waals surface area contributed by atoms with E-state index in [0.717, 1.165) is 66.5 Å². The molecule has 6 heteroatoms. The zero-order chi connectivity index (χ0) is 20.3. The summed E-state index contributed by atoms with van der Waals surface area (Å²) in [6, 6.07) is 16.3. The molecule has 0 radical (unpaired) electrons. The van der Waals surface area contributed by atoms with Crippen LogP contribution >= 0.6 is 0 Å². The summed E-state index contributed by atoms with van der Waals surface area (Å²) in [5, 5.41) is 1.10. The van der Waals surface area contributed by atoms with Gasteiger partial charge in [-0.25, -0.2) is 9.97 Å². The molecule has 3 aromatic heterocycles. The number of fused-ring (bicyclic) bond motifs is 1. The Kier molecular flexibility index (Phi) is 5.05. The molecule has 1 aliphatic rings. The zero-order valence-corrected chi connectivity index (χ0v) is 17.1. The molecule has 1 fully saturated rings. The van der Waals surface area contributed by atoms with Crippen LogP contribution in [-0.2, 0) is 6.54 Å². The van der Waals surface area contributed by atoms with Crippen molar-refractivity contribution < 1.29 is 4.74 Å². The van der Waals surface area contributed by atoms with Crippen LogP contribution in [0.15, 0.2) is 67.1 Å². The van der Waals surface area contributed by atoms with Crippen molar-refractivity contribution in [1.82, 2.24) is 19.5 Å². The van der Waals surface area contributed by atoms with Crippen LogP contribution in [0, 0.1) is 0 Å². The lowest BCUT2D eigenvalue weighted by Crippen LogP contribution is -2.34. The monoisotopic (exact) mass is 399 g/mol. The first-order valence-electron chi connectivity index (χ1n) is 10.4. The largest absolute Gasteiger partial charge is 0.494 e. The van der Waals surface area contributed by atoms with Gasteiger partial charge in [-0.15, -0.1) is 0 Å². The number of para-hydroxylation sites is 1. The number of hydrogen-bond acceptors (Lipinski definition) is 5. The first-order valence-corrected chi connectivity index (χ1v) is 10.4. The maximum atomic E-state index is 5.50. The third-order valence-electron chi connectivity index (χ3n) is 5.88. The molecule has 4 heterocycles. The van der Waals surface area contributed by atoms with Crippen LogP contribution in [0.5, 0.6) is 5.75 Å². The van der Waals surface area contributed by atoms with Gasteiger partial charge in [0.2, 0.25) is 0 Å². The Morgan fingerprint density at radius 3 is 2.67 bits per heavy atom. The SMILES string of the molecule is COc1cccc2ccc(N3CCC(c4nccn4Cc4ccccn4)CC3)nc12. The van der Waals surface area contributed by atoms with Crippen LogP contribution in [-0.4, -0.2) is 39.7 Å². The van der Waals surface area contributed by atoms with Gasteiger partial charge in [-0.3, -0.25) is 4.98 Å². The Labute approximate surface area is 176 Å². The maximum Gasteiger partial charge on any atom is 0.145 e. The quantitative estimate of drug-likeness (QED) is 0.502. The van der Waals surface area contributed by atoms with E-state index in [-0.39, 0.29) is 0 Å². The Hall–Kier alpha value is -3.41. The summed E-state index contributed by atoms with van der Waals surface area (Å²) in [5.41, 5.74) is 1.98. The average Bonchev–Trinajstić information content (AvgIpc) is 3.27. The number of anilines is 1. The molecule has 5 rings (SSSR count). The molecule has 0 saturated carbocycles. The lowest BCUT2D eigenvalue weighted by molar-refractivity contribution is 0.419. The number of pyridine rings is 2. The van der Waals surface area contributed by atoms with Gasteiger partial charge < -0.3 is 14.2 Å². The Balaban J connectivity index is 1.31. The Morgan fingerprint density at radius 1 is 0.967 bits per heavy atom. The molecule has 1 saturated heterocycles. The fourth-order valence-corrected chi connectivity index (χ4v) is 4.30. The van der Waals surface area contributed by atoms with E-state index in [1.54, 1.807) is 7.11 Å². The van der Waals surface area contributed by atoms with Gasteiger partial charge in [0.05, 0.1) is 19.3 Å². The second-order valence-corrected chi connectivity index (χ2v) is 7.70. The highest BCUT2D eigenvalue weighted by Crippen LogP contribution is 2.31. The van der Waals surface area contributed by atoms with Crippen molar-refractivity contribution in [2.45, 2.75) is 25.3 Å². The molecule has 1 aliphatic heterocycles. The van der Waals surface area contributed by atoms with Gasteiger partial charge in [-0.1, -0.05) is 18.2 Å². The number of piperidine rings is 1.